The molecule has 0 aromatic rings. The molecule has 0 radical (unpaired) electrons. The van der Waals surface area contributed by atoms with E-state index in [1.54, 1.807) is 0 Å². The molecule has 2 fully saturated rings. The van der Waals surface area contributed by atoms with Crippen LogP contribution >= 0.6 is 0 Å². The molecule has 3 aliphatic rings. The molecule has 2 heteroatoms. The molecule has 0 bridgehead atoms. The average molecular weight is 330 g/mol. The van der Waals surface area contributed by atoms with Crippen molar-refractivity contribution in [2.24, 2.45) is 11.8 Å². The summed E-state index contributed by atoms with van der Waals surface area (Å²) in [6.45, 7) is 0. The zero-order valence-corrected chi connectivity index (χ0v) is 15.2. The fraction of sp³-hybridized carbons (Fsp3) is 0.682. The first-order valence-electron chi connectivity index (χ1n) is 10.1. The van der Waals surface area contributed by atoms with Crippen LogP contribution in [0.15, 0.2) is 36.7 Å². The van der Waals surface area contributed by atoms with E-state index in [2.05, 4.69) is 5.32 Å². The van der Waals surface area contributed by atoms with Crippen LogP contribution in [0.3, 0.4) is 0 Å². The molecule has 0 spiro atoms. The van der Waals surface area contributed by atoms with Gasteiger partial charge in [0.25, 0.3) is 0 Å². The van der Waals surface area contributed by atoms with Gasteiger partial charge in [0, 0.05) is 24.7 Å². The van der Waals surface area contributed by atoms with Crippen LogP contribution in [0.2, 0.25) is 0 Å². The summed E-state index contributed by atoms with van der Waals surface area (Å²) in [4.78, 5) is 12.3. The van der Waals surface area contributed by atoms with Gasteiger partial charge in [-0.15, -0.1) is 0 Å². The summed E-state index contributed by atoms with van der Waals surface area (Å²) in [6, 6.07) is 0. The van der Waals surface area contributed by atoms with Crippen LogP contribution in [0.5, 0.6) is 0 Å². The average Bonchev–Trinajstić information content (AvgIpc) is 2.86. The number of hydrogen-bond acceptors (Lipinski definition) is 2. The normalized spacial score (nSPS) is 26.0. The number of carbonyl (C=O) groups excluding carboxylic acids is 1. The van der Waals surface area contributed by atoms with Crippen molar-refractivity contribution in [2.45, 2.75) is 83.5 Å². The number of Topliss-reactive ketones (excluding diaryl/α,β-unsaturated/α-hetero) is 1. The minimum atomic E-state index is 0.438. The van der Waals surface area contributed by atoms with E-state index in [-0.39, 0.29) is 0 Å². The molecule has 1 aliphatic heterocycles. The van der Waals surface area contributed by atoms with E-state index < -0.39 is 0 Å². The van der Waals surface area contributed by atoms with Crippen LogP contribution in [0.4, 0.5) is 0 Å². The Morgan fingerprint density at radius 3 is 1.88 bits per heavy atom. The van der Waals surface area contributed by atoms with Gasteiger partial charge in [-0.25, -0.2) is 0 Å². The van der Waals surface area contributed by atoms with Crippen LogP contribution in [-0.4, -0.2) is 5.78 Å². The Bertz CT molecular complexity index is 413. The first kappa shape index (κ1) is 19.0. The molecular weight excluding hydrogens is 294 g/mol. The molecule has 1 atom stereocenters. The van der Waals surface area contributed by atoms with Gasteiger partial charge in [-0.05, 0) is 43.8 Å². The predicted molar refractivity (Wildman–Crippen MR) is 103 cm³/mol. The molecule has 0 aromatic heterocycles. The fourth-order valence-corrected chi connectivity index (χ4v) is 4.16. The topological polar surface area (TPSA) is 29.1 Å². The van der Waals surface area contributed by atoms with E-state index in [9.17, 15) is 4.79 Å². The lowest BCUT2D eigenvalue weighted by molar-refractivity contribution is -0.125. The zero-order chi connectivity index (χ0) is 16.9. The third kappa shape index (κ3) is 7.51. The second-order valence-electron chi connectivity index (χ2n) is 7.40. The van der Waals surface area contributed by atoms with Crippen molar-refractivity contribution in [3.05, 3.63) is 36.7 Å². The fourth-order valence-electron chi connectivity index (χ4n) is 4.16. The van der Waals surface area contributed by atoms with Crippen molar-refractivity contribution in [3.8, 4) is 0 Å². The Balaban J connectivity index is 0.000000249. The molecule has 2 saturated carbocycles. The molecule has 0 aromatic carbocycles. The van der Waals surface area contributed by atoms with Crippen LogP contribution in [0.25, 0.3) is 0 Å². The molecule has 1 heterocycles. The number of rotatable bonds is 1. The van der Waals surface area contributed by atoms with Crippen molar-refractivity contribution in [1.29, 1.82) is 0 Å². The van der Waals surface area contributed by atoms with Gasteiger partial charge in [0.1, 0.15) is 5.78 Å². The number of hydrogen-bond donors (Lipinski definition) is 1. The molecule has 0 amide bonds. The van der Waals surface area contributed by atoms with Crippen molar-refractivity contribution >= 4 is 5.78 Å². The zero-order valence-electron chi connectivity index (χ0n) is 15.2. The van der Waals surface area contributed by atoms with Crippen molar-refractivity contribution in [2.75, 3.05) is 0 Å². The second kappa shape index (κ2) is 12.1. The summed E-state index contributed by atoms with van der Waals surface area (Å²) in [7, 11) is 0. The minimum Gasteiger partial charge on any atom is -0.368 e. The second-order valence-corrected chi connectivity index (χ2v) is 7.40. The van der Waals surface area contributed by atoms with Crippen LogP contribution in [0, 0.1) is 11.8 Å². The monoisotopic (exact) mass is 329 g/mol. The van der Waals surface area contributed by atoms with Crippen LogP contribution < -0.4 is 5.32 Å². The Morgan fingerprint density at radius 1 is 0.667 bits per heavy atom. The van der Waals surface area contributed by atoms with Gasteiger partial charge < -0.3 is 5.32 Å². The number of allylic oxidation sites excluding steroid dienone is 4. The summed E-state index contributed by atoms with van der Waals surface area (Å²) >= 11 is 0. The Labute approximate surface area is 148 Å². The highest BCUT2D eigenvalue weighted by atomic mass is 16.1. The summed E-state index contributed by atoms with van der Waals surface area (Å²) in [5, 5.41) is 2.92. The first-order chi connectivity index (χ1) is 11.9. The third-order valence-electron chi connectivity index (χ3n) is 5.54. The molecule has 1 unspecified atom stereocenters. The first-order valence-corrected chi connectivity index (χ1v) is 10.1. The van der Waals surface area contributed by atoms with Crippen molar-refractivity contribution in [3.63, 3.8) is 0 Å². The molecule has 0 saturated heterocycles. The number of ketones is 1. The maximum Gasteiger partial charge on any atom is 0.136 e. The molecule has 3 rings (SSSR count). The summed E-state index contributed by atoms with van der Waals surface area (Å²) in [5.41, 5.74) is 0. The van der Waals surface area contributed by atoms with Crippen LogP contribution in [-0.2, 0) is 4.79 Å². The minimum absolute atomic E-state index is 0.438. The Hall–Kier alpha value is -1.31. The highest BCUT2D eigenvalue weighted by molar-refractivity contribution is 5.81. The van der Waals surface area contributed by atoms with Gasteiger partial charge in [0.15, 0.2) is 0 Å². The molecule has 134 valence electrons. The lowest BCUT2D eigenvalue weighted by Gasteiger charge is -2.29. The highest BCUT2D eigenvalue weighted by Gasteiger charge is 2.28. The molecule has 2 nitrogen and oxygen atoms in total. The molecular formula is C22H35NO. The van der Waals surface area contributed by atoms with Gasteiger partial charge in [-0.3, -0.25) is 4.79 Å². The van der Waals surface area contributed by atoms with Gasteiger partial charge >= 0.3 is 0 Å². The molecule has 1 N–H and O–H groups in total. The maximum absolute atomic E-state index is 12.3. The molecule has 2 aliphatic carbocycles. The molecule has 24 heavy (non-hydrogen) atoms. The summed E-state index contributed by atoms with van der Waals surface area (Å²) in [6.07, 6.45) is 28.4. The SMILES string of the molecule is C1=CC=CNC=C1.O=C1CCCCCCC1C1CCCCCCC1. The van der Waals surface area contributed by atoms with Crippen LogP contribution in [0.1, 0.15) is 83.5 Å². The largest absolute Gasteiger partial charge is 0.368 e. The summed E-state index contributed by atoms with van der Waals surface area (Å²) in [5.74, 6) is 1.78. The number of nitrogens with one attached hydrogen (secondary N) is 1. The van der Waals surface area contributed by atoms with E-state index in [0.717, 1.165) is 18.8 Å². The van der Waals surface area contributed by atoms with Gasteiger partial charge in [0.05, 0.1) is 0 Å². The maximum atomic E-state index is 12.3. The summed E-state index contributed by atoms with van der Waals surface area (Å²) < 4.78 is 0. The van der Waals surface area contributed by atoms with Gasteiger partial charge in [0.2, 0.25) is 0 Å². The standard InChI is InChI=1S/C16H28O.C6H7N/c17-16-13-9-5-4-8-12-15(16)14-10-6-2-1-3-7-11-14;1-2-4-6-7-5-3-1/h14-15H,1-13H2;1-7H. The Morgan fingerprint density at radius 2 is 1.21 bits per heavy atom. The smallest absolute Gasteiger partial charge is 0.136 e. The lowest BCUT2D eigenvalue weighted by Crippen LogP contribution is -2.25. The third-order valence-corrected chi connectivity index (χ3v) is 5.54. The van der Waals surface area contributed by atoms with E-state index in [1.807, 2.05) is 36.7 Å². The van der Waals surface area contributed by atoms with E-state index in [4.69, 9.17) is 0 Å². The number of carbonyl (C=O) groups is 1. The van der Waals surface area contributed by atoms with E-state index in [0.29, 0.717) is 11.7 Å². The quantitative estimate of drug-likeness (QED) is 0.633. The lowest BCUT2D eigenvalue weighted by atomic mass is 9.75. The van der Waals surface area contributed by atoms with Crippen molar-refractivity contribution in [1.82, 2.24) is 5.32 Å². The van der Waals surface area contributed by atoms with Gasteiger partial charge in [-0.1, -0.05) is 63.5 Å². The van der Waals surface area contributed by atoms with E-state index in [1.165, 1.54) is 70.6 Å². The van der Waals surface area contributed by atoms with E-state index >= 15 is 0 Å². The van der Waals surface area contributed by atoms with Gasteiger partial charge in [-0.2, -0.15) is 0 Å². The van der Waals surface area contributed by atoms with Crippen molar-refractivity contribution < 1.29 is 4.79 Å². The Kier molecular flexibility index (Phi) is 9.60. The highest BCUT2D eigenvalue weighted by Crippen LogP contribution is 2.34. The predicted octanol–water partition coefficient (Wildman–Crippen LogP) is 6.06.